The fourth-order valence-electron chi connectivity index (χ4n) is 1.34. The summed E-state index contributed by atoms with van der Waals surface area (Å²) in [6.45, 7) is 0. The van der Waals surface area contributed by atoms with E-state index >= 15 is 0 Å². The number of phenolic OH excluding ortho intramolecular Hbond substituents is 2. The van der Waals surface area contributed by atoms with E-state index in [1.165, 1.54) is 24.3 Å². The molecule has 6 heteroatoms. The van der Waals surface area contributed by atoms with Gasteiger partial charge in [-0.2, -0.15) is 0 Å². The van der Waals surface area contributed by atoms with Crippen molar-refractivity contribution < 1.29 is 14.9 Å². The highest BCUT2D eigenvalue weighted by Crippen LogP contribution is 2.43. The van der Waals surface area contributed by atoms with Crippen molar-refractivity contribution in [2.24, 2.45) is 0 Å². The highest BCUT2D eigenvalue weighted by atomic mass is 35.5. The van der Waals surface area contributed by atoms with Crippen LogP contribution in [0, 0.1) is 0 Å². The first-order chi connectivity index (χ1) is 8.47. The second-order valence-corrected chi connectivity index (χ2v) is 4.73. The van der Waals surface area contributed by atoms with E-state index in [1.54, 1.807) is 6.07 Å². The summed E-state index contributed by atoms with van der Waals surface area (Å²) in [7, 11) is 0. The standard InChI is InChI=1S/C12H7Cl3O3/c13-6-1-2-11(8(15)3-6)18-12-9(16)4-7(14)5-10(12)17/h1-5,16-17H. The Morgan fingerprint density at radius 2 is 1.44 bits per heavy atom. The largest absolute Gasteiger partial charge is 0.504 e. The van der Waals surface area contributed by atoms with Crippen LogP contribution in [-0.2, 0) is 0 Å². The molecule has 2 N–H and O–H groups in total. The quantitative estimate of drug-likeness (QED) is 0.834. The number of ether oxygens (including phenoxy) is 1. The van der Waals surface area contributed by atoms with Crippen molar-refractivity contribution in [1.29, 1.82) is 0 Å². The van der Waals surface area contributed by atoms with Gasteiger partial charge < -0.3 is 14.9 Å². The lowest BCUT2D eigenvalue weighted by atomic mass is 10.3. The number of hydrogen-bond acceptors (Lipinski definition) is 3. The van der Waals surface area contributed by atoms with E-state index in [1.807, 2.05) is 0 Å². The van der Waals surface area contributed by atoms with Crippen molar-refractivity contribution in [3.8, 4) is 23.0 Å². The van der Waals surface area contributed by atoms with Crippen LogP contribution in [0.4, 0.5) is 0 Å². The summed E-state index contributed by atoms with van der Waals surface area (Å²) < 4.78 is 5.33. The van der Waals surface area contributed by atoms with Crippen LogP contribution in [0.2, 0.25) is 15.1 Å². The minimum absolute atomic E-state index is 0.122. The number of aromatic hydroxyl groups is 2. The minimum atomic E-state index is -0.286. The van der Waals surface area contributed by atoms with Crippen LogP contribution in [0.3, 0.4) is 0 Å². The molecule has 2 aromatic carbocycles. The maximum absolute atomic E-state index is 9.64. The highest BCUT2D eigenvalue weighted by molar-refractivity contribution is 6.35. The molecule has 0 bridgehead atoms. The van der Waals surface area contributed by atoms with Gasteiger partial charge in [-0.25, -0.2) is 0 Å². The first kappa shape index (κ1) is 13.1. The lowest BCUT2D eigenvalue weighted by Gasteiger charge is -2.11. The average molecular weight is 306 g/mol. The summed E-state index contributed by atoms with van der Waals surface area (Å²) in [5.74, 6) is -0.436. The van der Waals surface area contributed by atoms with Gasteiger partial charge in [-0.3, -0.25) is 0 Å². The molecule has 0 aliphatic rings. The van der Waals surface area contributed by atoms with E-state index < -0.39 is 0 Å². The van der Waals surface area contributed by atoms with Gasteiger partial charge in [-0.15, -0.1) is 0 Å². The molecule has 0 radical (unpaired) electrons. The Hall–Kier alpha value is -1.29. The summed E-state index contributed by atoms with van der Waals surface area (Å²) in [6.07, 6.45) is 0. The van der Waals surface area contributed by atoms with Crippen molar-refractivity contribution in [3.63, 3.8) is 0 Å². The van der Waals surface area contributed by atoms with E-state index in [9.17, 15) is 10.2 Å². The van der Waals surface area contributed by atoms with Crippen molar-refractivity contribution in [3.05, 3.63) is 45.4 Å². The molecule has 18 heavy (non-hydrogen) atoms. The number of halogens is 3. The van der Waals surface area contributed by atoms with Gasteiger partial charge in [0.15, 0.2) is 11.5 Å². The van der Waals surface area contributed by atoms with Crippen LogP contribution < -0.4 is 4.74 Å². The fraction of sp³-hybridized carbons (Fsp3) is 0. The summed E-state index contributed by atoms with van der Waals surface area (Å²) in [4.78, 5) is 0. The van der Waals surface area contributed by atoms with Crippen LogP contribution >= 0.6 is 34.8 Å². The molecule has 0 unspecified atom stereocenters. The first-order valence-corrected chi connectivity index (χ1v) is 5.95. The molecule has 0 amide bonds. The molecule has 0 saturated carbocycles. The van der Waals surface area contributed by atoms with Crippen LogP contribution in [0.15, 0.2) is 30.3 Å². The molecule has 3 nitrogen and oxygen atoms in total. The van der Waals surface area contributed by atoms with Gasteiger partial charge in [0.2, 0.25) is 5.75 Å². The van der Waals surface area contributed by atoms with Gasteiger partial charge in [-0.05, 0) is 18.2 Å². The minimum Gasteiger partial charge on any atom is -0.504 e. The maximum Gasteiger partial charge on any atom is 0.210 e. The molecule has 0 aliphatic carbocycles. The molecule has 0 fully saturated rings. The van der Waals surface area contributed by atoms with Gasteiger partial charge in [0.25, 0.3) is 0 Å². The fourth-order valence-corrected chi connectivity index (χ4v) is 1.99. The van der Waals surface area contributed by atoms with Crippen LogP contribution in [0.1, 0.15) is 0 Å². The molecule has 2 rings (SSSR count). The smallest absolute Gasteiger partial charge is 0.210 e. The van der Waals surface area contributed by atoms with E-state index in [-0.39, 0.29) is 33.0 Å². The van der Waals surface area contributed by atoms with E-state index in [2.05, 4.69) is 0 Å². The molecule has 2 aromatic rings. The summed E-state index contributed by atoms with van der Waals surface area (Å²) in [6, 6.07) is 7.09. The Labute approximate surface area is 118 Å². The molecule has 94 valence electrons. The molecule has 0 aliphatic heterocycles. The Morgan fingerprint density at radius 3 is 2.00 bits per heavy atom. The summed E-state index contributed by atoms with van der Waals surface area (Å²) in [5.41, 5.74) is 0. The van der Waals surface area contributed by atoms with Gasteiger partial charge in [-0.1, -0.05) is 34.8 Å². The molecular formula is C12H7Cl3O3. The lowest BCUT2D eigenvalue weighted by molar-refractivity contribution is 0.376. The number of rotatable bonds is 2. The SMILES string of the molecule is Oc1cc(Cl)cc(O)c1Oc1ccc(Cl)cc1Cl. The zero-order chi connectivity index (χ0) is 13.3. The van der Waals surface area contributed by atoms with E-state index in [4.69, 9.17) is 39.5 Å². The normalized spacial score (nSPS) is 10.4. The van der Waals surface area contributed by atoms with Crippen molar-refractivity contribution in [2.45, 2.75) is 0 Å². The molecule has 0 spiro atoms. The average Bonchev–Trinajstić information content (AvgIpc) is 2.25. The zero-order valence-corrected chi connectivity index (χ0v) is 11.1. The topological polar surface area (TPSA) is 49.7 Å². The molecule has 0 heterocycles. The predicted molar refractivity (Wildman–Crippen MR) is 71.3 cm³/mol. The monoisotopic (exact) mass is 304 g/mol. The maximum atomic E-state index is 9.64. The second-order valence-electron chi connectivity index (χ2n) is 3.45. The van der Waals surface area contributed by atoms with Crippen molar-refractivity contribution >= 4 is 34.8 Å². The van der Waals surface area contributed by atoms with Crippen molar-refractivity contribution in [1.82, 2.24) is 0 Å². The van der Waals surface area contributed by atoms with Crippen LogP contribution in [-0.4, -0.2) is 10.2 Å². The highest BCUT2D eigenvalue weighted by Gasteiger charge is 2.13. The molecular weight excluding hydrogens is 298 g/mol. The van der Waals surface area contributed by atoms with Gasteiger partial charge in [0.05, 0.1) is 5.02 Å². The van der Waals surface area contributed by atoms with Crippen LogP contribution in [0.5, 0.6) is 23.0 Å². The second kappa shape index (κ2) is 5.14. The predicted octanol–water partition coefficient (Wildman–Crippen LogP) is 4.85. The third-order valence-corrected chi connectivity index (χ3v) is 2.87. The number of hydrogen-bond donors (Lipinski definition) is 2. The molecule has 0 aromatic heterocycles. The number of benzene rings is 2. The zero-order valence-electron chi connectivity index (χ0n) is 8.82. The summed E-state index contributed by atoms with van der Waals surface area (Å²) in [5, 5.41) is 20.2. The Kier molecular flexibility index (Phi) is 3.76. The van der Waals surface area contributed by atoms with Crippen molar-refractivity contribution in [2.75, 3.05) is 0 Å². The Bertz CT molecular complexity index is 576. The number of phenols is 2. The molecule has 0 saturated heterocycles. The first-order valence-electron chi connectivity index (χ1n) is 4.82. The van der Waals surface area contributed by atoms with Gasteiger partial charge in [0.1, 0.15) is 5.75 Å². The van der Waals surface area contributed by atoms with Gasteiger partial charge in [0, 0.05) is 22.2 Å². The lowest BCUT2D eigenvalue weighted by Crippen LogP contribution is -1.87. The summed E-state index contributed by atoms with van der Waals surface area (Å²) >= 11 is 17.3. The van der Waals surface area contributed by atoms with E-state index in [0.29, 0.717) is 5.02 Å². The third kappa shape index (κ3) is 2.75. The Balaban J connectivity index is 2.40. The van der Waals surface area contributed by atoms with Gasteiger partial charge >= 0.3 is 0 Å². The Morgan fingerprint density at radius 1 is 0.833 bits per heavy atom. The van der Waals surface area contributed by atoms with E-state index in [0.717, 1.165) is 0 Å². The molecule has 0 atom stereocenters. The van der Waals surface area contributed by atoms with Crippen LogP contribution in [0.25, 0.3) is 0 Å². The third-order valence-electron chi connectivity index (χ3n) is 2.12.